The minimum Gasteiger partial charge on any atom is -0.494 e. The minimum absolute atomic E-state index is 0.238. The largest absolute Gasteiger partial charge is 0.494 e. The number of nitrogens with zero attached hydrogens (tertiary/aromatic N) is 1. The molecule has 1 saturated heterocycles. The van der Waals surface area contributed by atoms with Crippen LogP contribution in [0.2, 0.25) is 0 Å². The second-order valence-corrected chi connectivity index (χ2v) is 7.20. The number of unbranched alkanes of at least 4 members (excludes halogenated alkanes) is 1. The van der Waals surface area contributed by atoms with Gasteiger partial charge in [-0.2, -0.15) is 11.8 Å². The summed E-state index contributed by atoms with van der Waals surface area (Å²) in [5.74, 6) is 2.66. The highest BCUT2D eigenvalue weighted by molar-refractivity contribution is 8.00. The molecular weight excluding hydrogens is 325 g/mol. The number of guanidine groups is 1. The molecule has 1 heterocycles. The van der Waals surface area contributed by atoms with E-state index < -0.39 is 0 Å². The van der Waals surface area contributed by atoms with Gasteiger partial charge in [0.05, 0.1) is 13.2 Å². The molecule has 0 amide bonds. The van der Waals surface area contributed by atoms with Crippen LogP contribution in [0.25, 0.3) is 0 Å². The molecule has 2 N–H and O–H groups in total. The monoisotopic (exact) mass is 353 g/mol. The Labute approximate surface area is 148 Å². The number of hydrogen-bond donors (Lipinski definition) is 2. The van der Waals surface area contributed by atoms with E-state index in [-0.39, 0.29) is 5.82 Å². The van der Waals surface area contributed by atoms with Crippen molar-refractivity contribution < 1.29 is 9.13 Å². The van der Waals surface area contributed by atoms with Crippen LogP contribution in [0, 0.1) is 5.82 Å². The molecule has 0 aromatic heterocycles. The number of hydrogen-bond acceptors (Lipinski definition) is 3. The van der Waals surface area contributed by atoms with Crippen molar-refractivity contribution in [2.24, 2.45) is 4.99 Å². The highest BCUT2D eigenvalue weighted by Crippen LogP contribution is 2.25. The topological polar surface area (TPSA) is 45.7 Å². The molecule has 0 bridgehead atoms. The Kier molecular flexibility index (Phi) is 8.81. The van der Waals surface area contributed by atoms with Crippen molar-refractivity contribution in [2.45, 2.75) is 37.9 Å². The van der Waals surface area contributed by atoms with E-state index in [0.717, 1.165) is 38.4 Å². The van der Waals surface area contributed by atoms with Crippen LogP contribution in [-0.2, 0) is 0 Å². The minimum atomic E-state index is -0.238. The van der Waals surface area contributed by atoms with Gasteiger partial charge in [-0.1, -0.05) is 0 Å². The Hall–Kier alpha value is -1.43. The fourth-order valence-corrected chi connectivity index (χ4v) is 3.66. The van der Waals surface area contributed by atoms with Crippen LogP contribution in [0.3, 0.4) is 0 Å². The first-order chi connectivity index (χ1) is 11.8. The average molecular weight is 354 g/mol. The fourth-order valence-electron chi connectivity index (χ4n) is 2.48. The lowest BCUT2D eigenvalue weighted by Crippen LogP contribution is -2.38. The Bertz CT molecular complexity index is 490. The van der Waals surface area contributed by atoms with Gasteiger partial charge in [0.25, 0.3) is 0 Å². The van der Waals surface area contributed by atoms with Crippen molar-refractivity contribution in [3.63, 3.8) is 0 Å². The van der Waals surface area contributed by atoms with Crippen LogP contribution in [0.15, 0.2) is 29.3 Å². The summed E-state index contributed by atoms with van der Waals surface area (Å²) in [6.07, 6.45) is 4.56. The molecule has 24 heavy (non-hydrogen) atoms. The van der Waals surface area contributed by atoms with Gasteiger partial charge in [0.1, 0.15) is 11.6 Å². The van der Waals surface area contributed by atoms with Gasteiger partial charge in [0, 0.05) is 18.3 Å². The summed E-state index contributed by atoms with van der Waals surface area (Å²) in [6.45, 7) is 5.36. The molecule has 4 nitrogen and oxygen atoms in total. The van der Waals surface area contributed by atoms with Crippen molar-refractivity contribution in [3.8, 4) is 5.75 Å². The summed E-state index contributed by atoms with van der Waals surface area (Å²) in [6, 6.07) is 6.15. The molecular formula is C18H28FN3OS. The van der Waals surface area contributed by atoms with Gasteiger partial charge in [-0.05, 0) is 62.6 Å². The van der Waals surface area contributed by atoms with Crippen molar-refractivity contribution >= 4 is 17.7 Å². The molecule has 6 heteroatoms. The quantitative estimate of drug-likeness (QED) is 0.406. The lowest BCUT2D eigenvalue weighted by atomic mass is 10.2. The third-order valence-electron chi connectivity index (χ3n) is 3.77. The molecule has 0 radical (unpaired) electrons. The van der Waals surface area contributed by atoms with Crippen LogP contribution < -0.4 is 15.4 Å². The number of rotatable bonds is 9. The molecule has 1 unspecified atom stereocenters. The maximum atomic E-state index is 12.8. The van der Waals surface area contributed by atoms with Crippen LogP contribution in [0.4, 0.5) is 4.39 Å². The Balaban J connectivity index is 1.58. The summed E-state index contributed by atoms with van der Waals surface area (Å²) in [7, 11) is 0. The van der Waals surface area contributed by atoms with Gasteiger partial charge in [-0.3, -0.25) is 4.99 Å². The molecule has 0 saturated carbocycles. The van der Waals surface area contributed by atoms with Crippen molar-refractivity contribution in [1.29, 1.82) is 0 Å². The number of halogens is 1. The number of ether oxygens (including phenoxy) is 1. The zero-order chi connectivity index (χ0) is 17.0. The molecule has 0 spiro atoms. The van der Waals surface area contributed by atoms with Crippen molar-refractivity contribution in [2.75, 3.05) is 32.0 Å². The number of benzene rings is 1. The lowest BCUT2D eigenvalue weighted by molar-refractivity contribution is 0.306. The van der Waals surface area contributed by atoms with E-state index in [9.17, 15) is 4.39 Å². The smallest absolute Gasteiger partial charge is 0.191 e. The Morgan fingerprint density at radius 2 is 2.12 bits per heavy atom. The molecule has 2 rings (SSSR count). The molecule has 0 aliphatic carbocycles. The second kappa shape index (κ2) is 11.2. The first-order valence-corrected chi connectivity index (χ1v) is 9.85. The Morgan fingerprint density at radius 1 is 1.29 bits per heavy atom. The van der Waals surface area contributed by atoms with Crippen LogP contribution >= 0.6 is 11.8 Å². The SMILES string of the molecule is CCNC(=NCC1CCCS1)NCCCCOc1ccc(F)cc1. The van der Waals surface area contributed by atoms with Crippen LogP contribution in [-0.4, -0.2) is 43.2 Å². The number of aliphatic imine (C=N–C) groups is 1. The molecule has 1 aliphatic rings. The predicted octanol–water partition coefficient (Wildman–Crippen LogP) is 3.44. The van der Waals surface area contributed by atoms with Gasteiger partial charge < -0.3 is 15.4 Å². The molecule has 1 aromatic carbocycles. The summed E-state index contributed by atoms with van der Waals surface area (Å²) in [5, 5.41) is 7.35. The normalized spacial score (nSPS) is 17.8. The first kappa shape index (κ1) is 18.9. The van der Waals surface area contributed by atoms with Crippen LogP contribution in [0.5, 0.6) is 5.75 Å². The number of thioether (sulfide) groups is 1. The fraction of sp³-hybridized carbons (Fsp3) is 0.611. The van der Waals surface area contributed by atoms with Gasteiger partial charge in [-0.25, -0.2) is 4.39 Å². The number of nitrogens with one attached hydrogen (secondary N) is 2. The van der Waals surface area contributed by atoms with Gasteiger partial charge in [0.15, 0.2) is 5.96 Å². The summed E-state index contributed by atoms with van der Waals surface area (Å²) in [4.78, 5) is 4.68. The summed E-state index contributed by atoms with van der Waals surface area (Å²) >= 11 is 2.03. The van der Waals surface area contributed by atoms with E-state index in [4.69, 9.17) is 4.74 Å². The van der Waals surface area contributed by atoms with E-state index in [1.54, 1.807) is 12.1 Å². The van der Waals surface area contributed by atoms with E-state index in [0.29, 0.717) is 17.6 Å². The van der Waals surface area contributed by atoms with Gasteiger partial charge >= 0.3 is 0 Å². The maximum absolute atomic E-state index is 12.8. The van der Waals surface area contributed by atoms with Gasteiger partial charge in [0.2, 0.25) is 0 Å². The van der Waals surface area contributed by atoms with Crippen LogP contribution in [0.1, 0.15) is 32.6 Å². The summed E-state index contributed by atoms with van der Waals surface area (Å²) in [5.41, 5.74) is 0. The highest BCUT2D eigenvalue weighted by atomic mass is 32.2. The van der Waals surface area contributed by atoms with Crippen molar-refractivity contribution in [3.05, 3.63) is 30.1 Å². The summed E-state index contributed by atoms with van der Waals surface area (Å²) < 4.78 is 18.4. The van der Waals surface area contributed by atoms with E-state index in [1.165, 1.54) is 30.7 Å². The third kappa shape index (κ3) is 7.43. The zero-order valence-electron chi connectivity index (χ0n) is 14.4. The maximum Gasteiger partial charge on any atom is 0.191 e. The molecule has 1 fully saturated rings. The second-order valence-electron chi connectivity index (χ2n) is 5.79. The van der Waals surface area contributed by atoms with E-state index >= 15 is 0 Å². The Morgan fingerprint density at radius 3 is 2.83 bits per heavy atom. The third-order valence-corrected chi connectivity index (χ3v) is 5.15. The molecule has 134 valence electrons. The van der Waals surface area contributed by atoms with Gasteiger partial charge in [-0.15, -0.1) is 0 Å². The van der Waals surface area contributed by atoms with E-state index in [2.05, 4.69) is 22.5 Å². The average Bonchev–Trinajstić information content (AvgIpc) is 3.11. The molecule has 1 atom stereocenters. The van der Waals surface area contributed by atoms with E-state index in [1.807, 2.05) is 11.8 Å². The standard InChI is InChI=1S/C18H28FN3OS/c1-2-20-18(22-14-17-6-5-13-24-17)21-11-3-4-12-23-16-9-7-15(19)8-10-16/h7-10,17H,2-6,11-14H2,1H3,(H2,20,21,22). The highest BCUT2D eigenvalue weighted by Gasteiger charge is 2.14. The zero-order valence-corrected chi connectivity index (χ0v) is 15.2. The molecule has 1 aromatic rings. The van der Waals surface area contributed by atoms with Crippen molar-refractivity contribution in [1.82, 2.24) is 10.6 Å². The predicted molar refractivity (Wildman–Crippen MR) is 101 cm³/mol. The molecule has 1 aliphatic heterocycles. The lowest BCUT2D eigenvalue weighted by Gasteiger charge is -2.13. The first-order valence-electron chi connectivity index (χ1n) is 8.80.